The summed E-state index contributed by atoms with van der Waals surface area (Å²) in [5.74, 6) is 0. The lowest BCUT2D eigenvalue weighted by Gasteiger charge is -2.27. The van der Waals surface area contributed by atoms with Crippen LogP contribution in [0.2, 0.25) is 0 Å². The molecule has 0 aliphatic rings. The average Bonchev–Trinajstić information content (AvgIpc) is 2.01. The first-order valence-corrected chi connectivity index (χ1v) is 4.38. The molecule has 0 aromatic heterocycles. The second-order valence-corrected chi connectivity index (χ2v) is 3.38. The Kier molecular flexibility index (Phi) is 3.08. The minimum absolute atomic E-state index is 0.631. The van der Waals surface area contributed by atoms with Crippen molar-refractivity contribution in [1.82, 2.24) is 0 Å². The zero-order chi connectivity index (χ0) is 10.8. The highest BCUT2D eigenvalue weighted by Gasteiger charge is 2.25. The molecular weight excluding hydrogens is 190 g/mol. The predicted molar refractivity (Wildman–Crippen MR) is 53.5 cm³/mol. The van der Waals surface area contributed by atoms with E-state index in [0.717, 1.165) is 5.56 Å². The van der Waals surface area contributed by atoms with E-state index in [1.54, 1.807) is 25.1 Å². The number of hydrogen-bond donors (Lipinski definition) is 0. The molecule has 0 unspecified atom stereocenters. The zero-order valence-corrected chi connectivity index (χ0v) is 8.17. The second-order valence-electron chi connectivity index (χ2n) is 3.38. The molecule has 78 valence electrons. The molecule has 0 spiro atoms. The lowest BCUT2D eigenvalue weighted by atomic mass is 9.91. The van der Waals surface area contributed by atoms with Crippen LogP contribution in [0.25, 0.3) is 0 Å². The van der Waals surface area contributed by atoms with Gasteiger partial charge in [0, 0.05) is 12.7 Å². The van der Waals surface area contributed by atoms with Gasteiger partial charge in [0.05, 0.1) is 0 Å². The van der Waals surface area contributed by atoms with Crippen LogP contribution in [0.1, 0.15) is 5.56 Å². The lowest BCUT2D eigenvalue weighted by molar-refractivity contribution is 0.470. The van der Waals surface area contributed by atoms with Crippen LogP contribution in [-0.4, -0.2) is 20.5 Å². The van der Waals surface area contributed by atoms with Crippen molar-refractivity contribution in [2.24, 2.45) is 0 Å². The molecule has 0 N–H and O–H groups in total. The van der Waals surface area contributed by atoms with Crippen molar-refractivity contribution in [2.45, 2.75) is 6.92 Å². The van der Waals surface area contributed by atoms with Crippen molar-refractivity contribution in [2.75, 3.05) is 18.4 Å². The number of nitrogens with zero attached hydrogens (tertiary/aromatic N) is 1. The van der Waals surface area contributed by atoms with Crippen LogP contribution >= 0.6 is 0 Å². The van der Waals surface area contributed by atoms with Gasteiger partial charge < -0.3 is 17.8 Å². The second kappa shape index (κ2) is 3.94. The maximum atomic E-state index is 12.1. The maximum Gasteiger partial charge on any atom is 0.497 e. The Hall–Kier alpha value is -1.13. The summed E-state index contributed by atoms with van der Waals surface area (Å²) in [5.41, 5.74) is 1.49. The minimum Gasteiger partial charge on any atom is -0.448 e. The van der Waals surface area contributed by atoms with Crippen LogP contribution in [0.4, 0.5) is 18.6 Å². The van der Waals surface area contributed by atoms with Gasteiger partial charge in [-0.2, -0.15) is 0 Å². The Balaban J connectivity index is 2.80. The Morgan fingerprint density at radius 3 is 2.29 bits per heavy atom. The summed E-state index contributed by atoms with van der Waals surface area (Å²) in [4.78, 5) is 1.23. The highest BCUT2D eigenvalue weighted by molar-refractivity contribution is 6.59. The summed E-state index contributed by atoms with van der Waals surface area (Å²) in [6.45, 7) is -2.96. The monoisotopic (exact) mass is 202 g/mol. The molecule has 5 heteroatoms. The standard InChI is InChI=1S/C9H12BF3N/c1-8-5-3-4-6-9(8)14(2)7-10(11,12)13/h3-6H,7H2,1-2H3/q-1. The number of benzene rings is 1. The van der Waals surface area contributed by atoms with E-state index in [1.165, 1.54) is 11.9 Å². The fraction of sp³-hybridized carbons (Fsp3) is 0.333. The number of hydrogen-bond acceptors (Lipinski definition) is 1. The van der Waals surface area contributed by atoms with Gasteiger partial charge in [-0.3, -0.25) is 0 Å². The molecular formula is C9H12BF3N-. The van der Waals surface area contributed by atoms with Crippen LogP contribution in [0.15, 0.2) is 24.3 Å². The molecule has 0 atom stereocenters. The number of anilines is 1. The molecule has 0 heterocycles. The molecule has 0 aliphatic carbocycles. The summed E-state index contributed by atoms with van der Waals surface area (Å²) in [6, 6.07) is 7.04. The van der Waals surface area contributed by atoms with Crippen molar-refractivity contribution >= 4 is 12.7 Å². The SMILES string of the molecule is Cc1ccccc1N(C)C[B-](F)(F)F. The molecule has 0 bridgehead atoms. The van der Waals surface area contributed by atoms with E-state index in [9.17, 15) is 12.9 Å². The Labute approximate surface area is 81.6 Å². The average molecular weight is 202 g/mol. The Bertz CT molecular complexity index is 311. The van der Waals surface area contributed by atoms with E-state index in [1.807, 2.05) is 6.07 Å². The van der Waals surface area contributed by atoms with Crippen molar-refractivity contribution in [1.29, 1.82) is 0 Å². The first-order valence-electron chi connectivity index (χ1n) is 4.38. The third-order valence-electron chi connectivity index (χ3n) is 2.01. The van der Waals surface area contributed by atoms with Gasteiger partial charge in [-0.1, -0.05) is 18.2 Å². The molecule has 0 fully saturated rings. The van der Waals surface area contributed by atoms with Gasteiger partial charge in [0.15, 0.2) is 0 Å². The van der Waals surface area contributed by atoms with Crippen molar-refractivity contribution < 1.29 is 12.9 Å². The zero-order valence-electron chi connectivity index (χ0n) is 8.17. The third-order valence-corrected chi connectivity index (χ3v) is 2.01. The van der Waals surface area contributed by atoms with E-state index >= 15 is 0 Å². The van der Waals surface area contributed by atoms with E-state index in [0.29, 0.717) is 5.69 Å². The van der Waals surface area contributed by atoms with Crippen LogP contribution in [-0.2, 0) is 0 Å². The number of halogens is 3. The molecule has 1 nitrogen and oxygen atoms in total. The fourth-order valence-corrected chi connectivity index (χ4v) is 1.40. The summed E-state index contributed by atoms with van der Waals surface area (Å²) in [5, 5.41) is 0. The summed E-state index contributed by atoms with van der Waals surface area (Å²) < 4.78 is 36.4. The quantitative estimate of drug-likeness (QED) is 0.681. The van der Waals surface area contributed by atoms with Crippen LogP contribution in [0, 0.1) is 6.92 Å². The van der Waals surface area contributed by atoms with E-state index < -0.39 is 13.4 Å². The maximum absolute atomic E-state index is 12.1. The largest absolute Gasteiger partial charge is 0.497 e. The van der Waals surface area contributed by atoms with E-state index in [4.69, 9.17) is 0 Å². The van der Waals surface area contributed by atoms with Gasteiger partial charge in [0.2, 0.25) is 0 Å². The van der Waals surface area contributed by atoms with Gasteiger partial charge in [-0.15, -0.1) is 0 Å². The molecule has 0 saturated heterocycles. The topological polar surface area (TPSA) is 3.24 Å². The summed E-state index contributed by atoms with van der Waals surface area (Å²) in [7, 11) is 1.46. The fourth-order valence-electron chi connectivity index (χ4n) is 1.40. The molecule has 14 heavy (non-hydrogen) atoms. The normalized spacial score (nSPS) is 11.5. The van der Waals surface area contributed by atoms with Gasteiger partial charge in [0.25, 0.3) is 0 Å². The number of para-hydroxylation sites is 1. The summed E-state index contributed by atoms with van der Waals surface area (Å²) in [6.07, 6.45) is -0.856. The van der Waals surface area contributed by atoms with Crippen molar-refractivity contribution in [3.63, 3.8) is 0 Å². The highest BCUT2D eigenvalue weighted by Crippen LogP contribution is 2.20. The van der Waals surface area contributed by atoms with Crippen LogP contribution in [0.3, 0.4) is 0 Å². The summed E-state index contributed by atoms with van der Waals surface area (Å²) >= 11 is 0. The molecule has 0 radical (unpaired) electrons. The van der Waals surface area contributed by atoms with Crippen molar-refractivity contribution in [3.8, 4) is 0 Å². The molecule has 0 saturated carbocycles. The van der Waals surface area contributed by atoms with Gasteiger partial charge >= 0.3 is 6.98 Å². The lowest BCUT2D eigenvalue weighted by Crippen LogP contribution is -2.35. The predicted octanol–water partition coefficient (Wildman–Crippen LogP) is 2.82. The molecule has 0 amide bonds. The first kappa shape index (κ1) is 11.0. The van der Waals surface area contributed by atoms with Crippen molar-refractivity contribution in [3.05, 3.63) is 29.8 Å². The van der Waals surface area contributed by atoms with Gasteiger partial charge in [-0.25, -0.2) is 0 Å². The first-order chi connectivity index (χ1) is 6.40. The number of aryl methyl sites for hydroxylation is 1. The smallest absolute Gasteiger partial charge is 0.448 e. The van der Waals surface area contributed by atoms with Crippen LogP contribution in [0.5, 0.6) is 0 Å². The van der Waals surface area contributed by atoms with Crippen LogP contribution < -0.4 is 4.90 Å². The Morgan fingerprint density at radius 2 is 1.79 bits per heavy atom. The highest BCUT2D eigenvalue weighted by atomic mass is 19.4. The molecule has 1 aromatic carbocycles. The number of rotatable bonds is 3. The molecule has 1 rings (SSSR count). The van der Waals surface area contributed by atoms with Gasteiger partial charge in [-0.05, 0) is 25.0 Å². The third kappa shape index (κ3) is 2.98. The molecule has 0 aliphatic heterocycles. The minimum atomic E-state index is -4.76. The Morgan fingerprint density at radius 1 is 1.21 bits per heavy atom. The molecule has 1 aromatic rings. The van der Waals surface area contributed by atoms with E-state index in [-0.39, 0.29) is 0 Å². The van der Waals surface area contributed by atoms with E-state index in [2.05, 4.69) is 0 Å². The van der Waals surface area contributed by atoms with Gasteiger partial charge in [0.1, 0.15) is 0 Å².